The lowest BCUT2D eigenvalue weighted by atomic mass is 9.83. The Labute approximate surface area is 118 Å². The van der Waals surface area contributed by atoms with E-state index in [4.69, 9.17) is 0 Å². The van der Waals surface area contributed by atoms with E-state index < -0.39 is 0 Å². The van der Waals surface area contributed by atoms with Gasteiger partial charge in [-0.2, -0.15) is 0 Å². The second kappa shape index (κ2) is 5.97. The zero-order chi connectivity index (χ0) is 13.2. The molecular weight excluding hydrogens is 232 g/mol. The van der Waals surface area contributed by atoms with Crippen molar-refractivity contribution in [3.05, 3.63) is 11.6 Å². The van der Waals surface area contributed by atoms with Gasteiger partial charge in [-0.3, -0.25) is 0 Å². The van der Waals surface area contributed by atoms with Gasteiger partial charge in [-0.15, -0.1) is 0 Å². The van der Waals surface area contributed by atoms with Crippen molar-refractivity contribution in [3.63, 3.8) is 0 Å². The van der Waals surface area contributed by atoms with Gasteiger partial charge in [0.25, 0.3) is 0 Å². The zero-order valence-electron chi connectivity index (χ0n) is 12.7. The van der Waals surface area contributed by atoms with Crippen LogP contribution in [0.25, 0.3) is 0 Å². The van der Waals surface area contributed by atoms with Crippen LogP contribution in [0.1, 0.15) is 46.0 Å². The molecule has 2 aliphatic carbocycles. The highest BCUT2D eigenvalue weighted by Gasteiger charge is 2.34. The van der Waals surface area contributed by atoms with Crippen molar-refractivity contribution in [3.8, 4) is 0 Å². The monoisotopic (exact) mass is 262 g/mol. The molecule has 2 heteroatoms. The van der Waals surface area contributed by atoms with Crippen LogP contribution in [0.15, 0.2) is 11.6 Å². The minimum Gasteiger partial charge on any atom is -0.316 e. The van der Waals surface area contributed by atoms with Gasteiger partial charge in [-0.25, -0.2) is 0 Å². The number of allylic oxidation sites excluding steroid dienone is 2. The lowest BCUT2D eigenvalue weighted by Gasteiger charge is -2.26. The number of nitrogens with zero attached hydrogens (tertiary/aromatic N) is 1. The molecule has 0 amide bonds. The van der Waals surface area contributed by atoms with Crippen LogP contribution < -0.4 is 5.32 Å². The molecule has 0 bridgehead atoms. The second-order valence-corrected chi connectivity index (χ2v) is 7.34. The van der Waals surface area contributed by atoms with Crippen molar-refractivity contribution in [1.29, 1.82) is 0 Å². The largest absolute Gasteiger partial charge is 0.316 e. The summed E-state index contributed by atoms with van der Waals surface area (Å²) in [5.41, 5.74) is 1.60. The van der Waals surface area contributed by atoms with Gasteiger partial charge in [0, 0.05) is 12.6 Å². The maximum atomic E-state index is 3.76. The Morgan fingerprint density at radius 1 is 1.21 bits per heavy atom. The Balaban J connectivity index is 1.33. The van der Waals surface area contributed by atoms with Gasteiger partial charge in [-0.1, -0.05) is 18.6 Å². The van der Waals surface area contributed by atoms with E-state index in [1.165, 1.54) is 58.3 Å². The lowest BCUT2D eigenvalue weighted by molar-refractivity contribution is 0.308. The summed E-state index contributed by atoms with van der Waals surface area (Å²) in [6, 6.07) is 0.969. The third-order valence-electron chi connectivity index (χ3n) is 5.13. The molecule has 3 aliphatic rings. The van der Waals surface area contributed by atoms with Crippen LogP contribution in [-0.2, 0) is 0 Å². The normalized spacial score (nSPS) is 36.5. The molecule has 0 radical (unpaired) electrons. The van der Waals surface area contributed by atoms with Crippen molar-refractivity contribution < 1.29 is 0 Å². The Kier molecular flexibility index (Phi) is 4.28. The first-order chi connectivity index (χ1) is 9.20. The summed E-state index contributed by atoms with van der Waals surface area (Å²) >= 11 is 0. The quantitative estimate of drug-likeness (QED) is 0.766. The zero-order valence-corrected chi connectivity index (χ0v) is 12.7. The minimum absolute atomic E-state index is 0.789. The lowest BCUT2D eigenvalue weighted by Crippen LogP contribution is -2.31. The standard InChI is InChI=1S/C17H30N2/c1-13-7-14(2)9-16(8-13)11-18-10-15-5-6-19(12-15)17-3-4-17/h7,13,15-18H,3-6,8-12H2,1-2H3. The molecule has 3 rings (SSSR count). The van der Waals surface area contributed by atoms with Crippen LogP contribution in [0.2, 0.25) is 0 Å². The van der Waals surface area contributed by atoms with E-state index in [0.29, 0.717) is 0 Å². The number of hydrogen-bond acceptors (Lipinski definition) is 2. The fourth-order valence-corrected chi connectivity index (χ4v) is 4.13. The molecule has 0 aromatic rings. The van der Waals surface area contributed by atoms with Crippen LogP contribution in [0.3, 0.4) is 0 Å². The molecule has 3 unspecified atom stereocenters. The molecule has 3 atom stereocenters. The molecule has 0 aromatic carbocycles. The smallest absolute Gasteiger partial charge is 0.00965 e. The highest BCUT2D eigenvalue weighted by molar-refractivity contribution is 5.06. The fourth-order valence-electron chi connectivity index (χ4n) is 4.13. The summed E-state index contributed by atoms with van der Waals surface area (Å²) in [6.07, 6.45) is 9.50. The van der Waals surface area contributed by atoms with Gasteiger partial charge in [-0.05, 0) is 76.4 Å². The van der Waals surface area contributed by atoms with Crippen LogP contribution in [0, 0.1) is 17.8 Å². The molecule has 0 spiro atoms. The molecular formula is C17H30N2. The van der Waals surface area contributed by atoms with Crippen LogP contribution in [0.4, 0.5) is 0 Å². The van der Waals surface area contributed by atoms with Crippen LogP contribution in [0.5, 0.6) is 0 Å². The summed E-state index contributed by atoms with van der Waals surface area (Å²) in [7, 11) is 0. The number of likely N-dealkylation sites (tertiary alicyclic amines) is 1. The van der Waals surface area contributed by atoms with E-state index in [1.54, 1.807) is 5.57 Å². The van der Waals surface area contributed by atoms with Crippen molar-refractivity contribution >= 4 is 0 Å². The van der Waals surface area contributed by atoms with Crippen molar-refractivity contribution in [1.82, 2.24) is 10.2 Å². The SMILES string of the molecule is CC1=CC(C)CC(CNCC2CCN(C3CC3)C2)C1. The number of rotatable bonds is 5. The van der Waals surface area contributed by atoms with Gasteiger partial charge in [0.1, 0.15) is 0 Å². The second-order valence-electron chi connectivity index (χ2n) is 7.34. The molecule has 2 fully saturated rings. The summed E-state index contributed by atoms with van der Waals surface area (Å²) in [5.74, 6) is 2.58. The van der Waals surface area contributed by atoms with Crippen LogP contribution in [-0.4, -0.2) is 37.1 Å². The van der Waals surface area contributed by atoms with Crippen molar-refractivity contribution in [2.75, 3.05) is 26.2 Å². The predicted molar refractivity (Wildman–Crippen MR) is 81.2 cm³/mol. The van der Waals surface area contributed by atoms with Gasteiger partial charge >= 0.3 is 0 Å². The topological polar surface area (TPSA) is 15.3 Å². The minimum atomic E-state index is 0.789. The van der Waals surface area contributed by atoms with Crippen molar-refractivity contribution in [2.24, 2.45) is 17.8 Å². The summed E-state index contributed by atoms with van der Waals surface area (Å²) < 4.78 is 0. The molecule has 1 heterocycles. The van der Waals surface area contributed by atoms with E-state index in [0.717, 1.165) is 23.8 Å². The predicted octanol–water partition coefficient (Wildman–Crippen LogP) is 3.05. The van der Waals surface area contributed by atoms with Gasteiger partial charge in [0.2, 0.25) is 0 Å². The van der Waals surface area contributed by atoms with Crippen molar-refractivity contribution in [2.45, 2.75) is 52.0 Å². The first-order valence-electron chi connectivity index (χ1n) is 8.32. The van der Waals surface area contributed by atoms with Crippen LogP contribution >= 0.6 is 0 Å². The molecule has 1 N–H and O–H groups in total. The molecule has 0 aromatic heterocycles. The maximum absolute atomic E-state index is 3.76. The van der Waals surface area contributed by atoms with Gasteiger partial charge in [0.15, 0.2) is 0 Å². The third kappa shape index (κ3) is 3.82. The van der Waals surface area contributed by atoms with E-state index in [2.05, 4.69) is 30.1 Å². The average Bonchev–Trinajstić information content (AvgIpc) is 3.09. The van der Waals surface area contributed by atoms with E-state index in [9.17, 15) is 0 Å². The van der Waals surface area contributed by atoms with E-state index >= 15 is 0 Å². The highest BCUT2D eigenvalue weighted by Crippen LogP contribution is 2.31. The Hall–Kier alpha value is -0.340. The molecule has 108 valence electrons. The maximum Gasteiger partial charge on any atom is 0.00965 e. The fraction of sp³-hybridized carbons (Fsp3) is 0.882. The molecule has 19 heavy (non-hydrogen) atoms. The van der Waals surface area contributed by atoms with E-state index in [-0.39, 0.29) is 0 Å². The summed E-state index contributed by atoms with van der Waals surface area (Å²) in [5, 5.41) is 3.76. The highest BCUT2D eigenvalue weighted by atomic mass is 15.2. The Morgan fingerprint density at radius 2 is 2.00 bits per heavy atom. The molecule has 1 saturated carbocycles. The molecule has 1 saturated heterocycles. The number of nitrogens with one attached hydrogen (secondary N) is 1. The first kappa shape index (κ1) is 13.6. The summed E-state index contributed by atoms with van der Waals surface area (Å²) in [4.78, 5) is 2.72. The van der Waals surface area contributed by atoms with Gasteiger partial charge in [0.05, 0.1) is 0 Å². The first-order valence-corrected chi connectivity index (χ1v) is 8.32. The Bertz CT molecular complexity index is 332. The average molecular weight is 262 g/mol. The summed E-state index contributed by atoms with van der Waals surface area (Å²) in [6.45, 7) is 9.86. The Morgan fingerprint density at radius 3 is 2.74 bits per heavy atom. The molecule has 1 aliphatic heterocycles. The van der Waals surface area contributed by atoms with E-state index in [1.807, 2.05) is 0 Å². The molecule has 2 nitrogen and oxygen atoms in total. The third-order valence-corrected chi connectivity index (χ3v) is 5.13. The van der Waals surface area contributed by atoms with Gasteiger partial charge < -0.3 is 10.2 Å². The number of hydrogen-bond donors (Lipinski definition) is 1.